The van der Waals surface area contributed by atoms with Crippen molar-refractivity contribution >= 4 is 23.5 Å². The zero-order chi connectivity index (χ0) is 30.3. The molecule has 3 aromatic rings. The third kappa shape index (κ3) is 6.50. The van der Waals surface area contributed by atoms with Crippen molar-refractivity contribution in [3.8, 4) is 46.0 Å². The zero-order valence-corrected chi connectivity index (χ0v) is 24.9. The number of aliphatic imine (C=N–C) groups is 1. The molecule has 0 bridgehead atoms. The summed E-state index contributed by atoms with van der Waals surface area (Å²) in [4.78, 5) is 19.5. The summed E-state index contributed by atoms with van der Waals surface area (Å²) in [6.07, 6.45) is 5.27. The maximum absolute atomic E-state index is 13.1. The van der Waals surface area contributed by atoms with E-state index in [0.29, 0.717) is 76.1 Å². The van der Waals surface area contributed by atoms with E-state index in [1.54, 1.807) is 63.8 Å². The van der Waals surface area contributed by atoms with E-state index in [0.717, 1.165) is 32.2 Å². The van der Waals surface area contributed by atoms with Crippen LogP contribution in [0.3, 0.4) is 0 Å². The minimum Gasteiger partial charge on any atom is -0.493 e. The number of unbranched alkanes of at least 4 members (excludes halogenated alkanes) is 1. The summed E-state index contributed by atoms with van der Waals surface area (Å²) in [7, 11) is 6.19. The number of fused-ring (bicyclic) bond motifs is 2. The Bertz CT molecular complexity index is 1470. The van der Waals surface area contributed by atoms with Crippen molar-refractivity contribution in [3.63, 3.8) is 0 Å². The third-order valence-corrected chi connectivity index (χ3v) is 7.37. The van der Waals surface area contributed by atoms with Crippen LogP contribution < -0.4 is 38.9 Å². The van der Waals surface area contributed by atoms with Crippen molar-refractivity contribution in [1.29, 1.82) is 0 Å². The molecule has 0 aliphatic carbocycles. The highest BCUT2D eigenvalue weighted by Crippen LogP contribution is 2.43. The normalized spacial score (nSPS) is 15.3. The molecule has 11 heteroatoms. The first-order valence-corrected chi connectivity index (χ1v) is 14.2. The fourth-order valence-corrected chi connectivity index (χ4v) is 5.13. The zero-order valence-electron chi connectivity index (χ0n) is 24.9. The number of rotatable bonds is 13. The second kappa shape index (κ2) is 13.5. The molecule has 3 aromatic carbocycles. The number of nitrogen functional groups attached to an aromatic ring is 1. The Hall–Kier alpha value is -4.80. The van der Waals surface area contributed by atoms with Gasteiger partial charge in [0.15, 0.2) is 28.7 Å². The molecule has 1 atom stereocenters. The summed E-state index contributed by atoms with van der Waals surface area (Å²) >= 11 is 0. The minimum absolute atomic E-state index is 0.0170. The second-order valence-electron chi connectivity index (χ2n) is 10.1. The maximum Gasteiger partial charge on any atom is 0.256 e. The van der Waals surface area contributed by atoms with Gasteiger partial charge in [-0.1, -0.05) is 0 Å². The van der Waals surface area contributed by atoms with Crippen LogP contribution in [0.25, 0.3) is 0 Å². The highest BCUT2D eigenvalue weighted by Gasteiger charge is 2.32. The molecule has 0 unspecified atom stereocenters. The van der Waals surface area contributed by atoms with Gasteiger partial charge >= 0.3 is 0 Å². The lowest BCUT2D eigenvalue weighted by atomic mass is 10.1. The van der Waals surface area contributed by atoms with Gasteiger partial charge in [-0.25, -0.2) is 0 Å². The maximum atomic E-state index is 13.1. The molecule has 5 rings (SSSR count). The highest BCUT2D eigenvalue weighted by molar-refractivity contribution is 6.03. The molecule has 0 radical (unpaired) electrons. The average Bonchev–Trinajstić information content (AvgIpc) is 3.46. The third-order valence-electron chi connectivity index (χ3n) is 7.37. The molecule has 2 heterocycles. The second-order valence-corrected chi connectivity index (χ2v) is 10.1. The number of ether oxygens (including phenoxy) is 7. The summed E-state index contributed by atoms with van der Waals surface area (Å²) in [6.45, 7) is 1.66. The molecule has 43 heavy (non-hydrogen) atoms. The molecule has 2 aliphatic rings. The fraction of sp³-hybridized carbons (Fsp3) is 0.375. The molecule has 1 fully saturated rings. The van der Waals surface area contributed by atoms with Gasteiger partial charge in [-0.3, -0.25) is 9.79 Å². The number of nitrogens with zero attached hydrogens (tertiary/aromatic N) is 2. The fourth-order valence-electron chi connectivity index (χ4n) is 5.13. The van der Waals surface area contributed by atoms with Crippen LogP contribution in [0.2, 0.25) is 0 Å². The predicted octanol–water partition coefficient (Wildman–Crippen LogP) is 5.65. The van der Waals surface area contributed by atoms with Crippen molar-refractivity contribution in [1.82, 2.24) is 4.90 Å². The van der Waals surface area contributed by atoms with E-state index in [-0.39, 0.29) is 11.9 Å². The first kappa shape index (κ1) is 29.7. The van der Waals surface area contributed by atoms with Crippen LogP contribution in [0, 0.1) is 0 Å². The van der Waals surface area contributed by atoms with E-state index < -0.39 is 0 Å². The molecular formula is C32H37N3O8. The van der Waals surface area contributed by atoms with Crippen molar-refractivity contribution in [3.05, 3.63) is 48.0 Å². The standard InChI is InChI=1S/C32H37N3O8/c1-37-27-17-23-25(34-19-20-8-7-11-35(20)32(23)36)18-28(27)42-13-6-5-12-41-21-9-10-24(33)26(14-21)43-22-15-29(38-2)31(40-4)30(16-22)39-3/h9-10,14-20H,5-8,11-13,33H2,1-4H3/t20-/m0/s1. The number of amides is 1. The van der Waals surface area contributed by atoms with Gasteiger partial charge in [-0.2, -0.15) is 0 Å². The van der Waals surface area contributed by atoms with E-state index >= 15 is 0 Å². The lowest BCUT2D eigenvalue weighted by Crippen LogP contribution is -2.35. The van der Waals surface area contributed by atoms with Gasteiger partial charge in [0, 0.05) is 37.0 Å². The Morgan fingerprint density at radius 2 is 1.51 bits per heavy atom. The topological polar surface area (TPSA) is 123 Å². The Morgan fingerprint density at radius 1 is 0.814 bits per heavy atom. The molecule has 0 spiro atoms. The van der Waals surface area contributed by atoms with E-state index in [4.69, 9.17) is 38.9 Å². The molecule has 11 nitrogen and oxygen atoms in total. The van der Waals surface area contributed by atoms with Crippen molar-refractivity contribution < 1.29 is 38.0 Å². The minimum atomic E-state index is -0.0170. The van der Waals surface area contributed by atoms with Gasteiger partial charge in [0.25, 0.3) is 5.91 Å². The van der Waals surface area contributed by atoms with Crippen LogP contribution in [0.15, 0.2) is 47.5 Å². The lowest BCUT2D eigenvalue weighted by Gasteiger charge is -2.20. The number of anilines is 1. The van der Waals surface area contributed by atoms with Gasteiger partial charge < -0.3 is 43.8 Å². The average molecular weight is 592 g/mol. The van der Waals surface area contributed by atoms with E-state index in [1.165, 1.54) is 7.11 Å². The Balaban J connectivity index is 1.15. The highest BCUT2D eigenvalue weighted by atomic mass is 16.5. The molecule has 2 aliphatic heterocycles. The van der Waals surface area contributed by atoms with Gasteiger partial charge in [0.2, 0.25) is 5.75 Å². The van der Waals surface area contributed by atoms with Gasteiger partial charge in [0.05, 0.1) is 64.6 Å². The Kier molecular flexibility index (Phi) is 9.29. The summed E-state index contributed by atoms with van der Waals surface area (Å²) in [5, 5.41) is 0. The van der Waals surface area contributed by atoms with E-state index in [1.807, 2.05) is 11.1 Å². The number of hydrogen-bond donors (Lipinski definition) is 1. The molecular weight excluding hydrogens is 554 g/mol. The number of carbonyl (C=O) groups is 1. The summed E-state index contributed by atoms with van der Waals surface area (Å²) in [5.74, 6) is 3.98. The first-order chi connectivity index (χ1) is 20.9. The molecule has 2 N–H and O–H groups in total. The first-order valence-electron chi connectivity index (χ1n) is 14.2. The van der Waals surface area contributed by atoms with Crippen molar-refractivity contribution in [2.24, 2.45) is 4.99 Å². The van der Waals surface area contributed by atoms with Gasteiger partial charge in [0.1, 0.15) is 11.5 Å². The SMILES string of the molecule is COc1cc2c(cc1OCCCCOc1ccc(N)c(Oc3cc(OC)c(OC)c(OC)c3)c1)N=C[C@@H]1CCCN1C2=O. The van der Waals surface area contributed by atoms with Crippen LogP contribution in [0.5, 0.6) is 46.0 Å². The molecule has 228 valence electrons. The Morgan fingerprint density at radius 3 is 2.21 bits per heavy atom. The Labute approximate surface area is 251 Å². The quantitative estimate of drug-likeness (QED) is 0.198. The van der Waals surface area contributed by atoms with E-state index in [9.17, 15) is 4.79 Å². The van der Waals surface area contributed by atoms with Crippen LogP contribution in [-0.2, 0) is 0 Å². The number of methoxy groups -OCH3 is 4. The monoisotopic (exact) mass is 591 g/mol. The summed E-state index contributed by atoms with van der Waals surface area (Å²) in [5.41, 5.74) is 7.76. The number of carbonyl (C=O) groups excluding carboxylic acids is 1. The molecule has 0 aromatic heterocycles. The molecule has 1 amide bonds. The van der Waals surface area contributed by atoms with E-state index in [2.05, 4.69) is 4.99 Å². The lowest BCUT2D eigenvalue weighted by molar-refractivity contribution is 0.0774. The van der Waals surface area contributed by atoms with Crippen LogP contribution in [0.1, 0.15) is 36.0 Å². The summed E-state index contributed by atoms with van der Waals surface area (Å²) < 4.78 is 39.7. The number of nitrogens with two attached hydrogens (primary N) is 1. The molecule has 0 saturated carbocycles. The number of benzene rings is 3. The van der Waals surface area contributed by atoms with Crippen LogP contribution in [-0.4, -0.2) is 71.3 Å². The van der Waals surface area contributed by atoms with Crippen molar-refractivity contribution in [2.45, 2.75) is 31.7 Å². The van der Waals surface area contributed by atoms with Gasteiger partial charge in [-0.05, 0) is 43.9 Å². The van der Waals surface area contributed by atoms with Crippen LogP contribution in [0.4, 0.5) is 11.4 Å². The molecule has 1 saturated heterocycles. The van der Waals surface area contributed by atoms with Crippen LogP contribution >= 0.6 is 0 Å². The predicted molar refractivity (Wildman–Crippen MR) is 162 cm³/mol. The summed E-state index contributed by atoms with van der Waals surface area (Å²) in [6, 6.07) is 12.2. The number of hydrogen-bond acceptors (Lipinski definition) is 10. The van der Waals surface area contributed by atoms with Gasteiger partial charge in [-0.15, -0.1) is 0 Å². The smallest absolute Gasteiger partial charge is 0.256 e. The largest absolute Gasteiger partial charge is 0.493 e. The van der Waals surface area contributed by atoms with Crippen molar-refractivity contribution in [2.75, 3.05) is 53.9 Å².